The van der Waals surface area contributed by atoms with Gasteiger partial charge in [-0.2, -0.15) is 10.1 Å². The van der Waals surface area contributed by atoms with E-state index in [0.717, 1.165) is 30.2 Å². The SMILES string of the molecule is Cc1cc(-c2nc([C@H]3C[C@@H](c4ccccc4)N4CCC[C@H]34)no2)n(C)n1. The van der Waals surface area contributed by atoms with Crippen LogP contribution in [0.4, 0.5) is 0 Å². The maximum absolute atomic E-state index is 5.61. The molecule has 4 heterocycles. The molecule has 6 nitrogen and oxygen atoms in total. The van der Waals surface area contributed by atoms with E-state index in [4.69, 9.17) is 9.51 Å². The summed E-state index contributed by atoms with van der Waals surface area (Å²) < 4.78 is 7.41. The second kappa shape index (κ2) is 6.06. The number of aryl methyl sites for hydroxylation is 2. The molecule has 3 aromatic rings. The number of hydrogen-bond acceptors (Lipinski definition) is 5. The van der Waals surface area contributed by atoms with Gasteiger partial charge in [-0.05, 0) is 44.4 Å². The summed E-state index contributed by atoms with van der Waals surface area (Å²) in [7, 11) is 1.91. The minimum absolute atomic E-state index is 0.328. The summed E-state index contributed by atoms with van der Waals surface area (Å²) in [5.74, 6) is 1.74. The van der Waals surface area contributed by atoms with E-state index in [1.54, 1.807) is 4.68 Å². The van der Waals surface area contributed by atoms with E-state index < -0.39 is 0 Å². The van der Waals surface area contributed by atoms with Crippen molar-refractivity contribution in [2.45, 2.75) is 44.2 Å². The summed E-state index contributed by atoms with van der Waals surface area (Å²) in [6.07, 6.45) is 3.51. The van der Waals surface area contributed by atoms with Crippen LogP contribution in [-0.4, -0.2) is 37.4 Å². The third-order valence-corrected chi connectivity index (χ3v) is 5.86. The molecule has 0 unspecified atom stereocenters. The Labute approximate surface area is 152 Å². The minimum atomic E-state index is 0.328. The Kier molecular flexibility index (Phi) is 3.67. The van der Waals surface area contributed by atoms with Crippen molar-refractivity contribution in [1.82, 2.24) is 24.8 Å². The molecule has 2 saturated heterocycles. The maximum atomic E-state index is 5.61. The summed E-state index contributed by atoms with van der Waals surface area (Å²) in [5, 5.41) is 8.74. The van der Waals surface area contributed by atoms with E-state index in [-0.39, 0.29) is 0 Å². The number of nitrogens with zero attached hydrogens (tertiary/aromatic N) is 5. The highest BCUT2D eigenvalue weighted by atomic mass is 16.5. The predicted molar refractivity (Wildman–Crippen MR) is 97.5 cm³/mol. The number of benzene rings is 1. The molecular weight excluding hydrogens is 326 g/mol. The topological polar surface area (TPSA) is 60.0 Å². The summed E-state index contributed by atoms with van der Waals surface area (Å²) in [6, 6.07) is 13.8. The number of fused-ring (bicyclic) bond motifs is 1. The second-order valence-corrected chi connectivity index (χ2v) is 7.47. The number of rotatable bonds is 3. The smallest absolute Gasteiger partial charge is 0.276 e. The molecule has 6 heteroatoms. The third-order valence-electron chi connectivity index (χ3n) is 5.86. The van der Waals surface area contributed by atoms with Gasteiger partial charge in [0.25, 0.3) is 5.89 Å². The molecule has 134 valence electrons. The van der Waals surface area contributed by atoms with Crippen LogP contribution >= 0.6 is 0 Å². The molecule has 1 aromatic carbocycles. The molecule has 0 aliphatic carbocycles. The van der Waals surface area contributed by atoms with Crippen LogP contribution in [0.5, 0.6) is 0 Å². The molecule has 2 aliphatic heterocycles. The van der Waals surface area contributed by atoms with Crippen LogP contribution in [0.2, 0.25) is 0 Å². The highest BCUT2D eigenvalue weighted by Gasteiger charge is 2.46. The van der Waals surface area contributed by atoms with Crippen molar-refractivity contribution in [3.05, 3.63) is 53.5 Å². The van der Waals surface area contributed by atoms with Crippen molar-refractivity contribution >= 4 is 0 Å². The first-order valence-electron chi connectivity index (χ1n) is 9.36. The largest absolute Gasteiger partial charge is 0.332 e. The Morgan fingerprint density at radius 1 is 1.19 bits per heavy atom. The highest BCUT2D eigenvalue weighted by molar-refractivity contribution is 5.47. The molecule has 0 bridgehead atoms. The Hall–Kier alpha value is -2.47. The van der Waals surface area contributed by atoms with E-state index in [9.17, 15) is 0 Å². The standard InChI is InChI=1S/C20H23N5O/c1-13-11-18(24(2)22-13)20-21-19(23-26-20)15-12-17(14-7-4-3-5-8-14)25-10-6-9-16(15)25/h3-5,7-8,11,15-17H,6,9-10,12H2,1-2H3/t15-,16+,17-/m0/s1. The van der Waals surface area contributed by atoms with Gasteiger partial charge in [0.05, 0.1) is 5.69 Å². The number of aromatic nitrogens is 4. The number of hydrogen-bond donors (Lipinski definition) is 0. The fourth-order valence-electron chi connectivity index (χ4n) is 4.75. The fourth-order valence-corrected chi connectivity index (χ4v) is 4.75. The van der Waals surface area contributed by atoms with Crippen LogP contribution in [0.15, 0.2) is 40.9 Å². The van der Waals surface area contributed by atoms with Gasteiger partial charge >= 0.3 is 0 Å². The first-order valence-corrected chi connectivity index (χ1v) is 9.36. The normalized spacial score (nSPS) is 25.7. The summed E-state index contributed by atoms with van der Waals surface area (Å²) >= 11 is 0. The van der Waals surface area contributed by atoms with Gasteiger partial charge in [-0.1, -0.05) is 35.5 Å². The van der Waals surface area contributed by atoms with Gasteiger partial charge in [-0.25, -0.2) is 0 Å². The summed E-state index contributed by atoms with van der Waals surface area (Å²) in [4.78, 5) is 7.40. The first kappa shape index (κ1) is 15.8. The zero-order chi connectivity index (χ0) is 17.7. The molecule has 2 aliphatic rings. The molecule has 5 rings (SSSR count). The van der Waals surface area contributed by atoms with E-state index in [1.165, 1.54) is 18.4 Å². The first-order chi connectivity index (χ1) is 12.7. The Morgan fingerprint density at radius 2 is 2.04 bits per heavy atom. The lowest BCUT2D eigenvalue weighted by Gasteiger charge is -2.24. The van der Waals surface area contributed by atoms with Crippen LogP contribution in [0.25, 0.3) is 11.6 Å². The molecule has 2 fully saturated rings. The van der Waals surface area contributed by atoms with E-state index in [1.807, 2.05) is 20.0 Å². The van der Waals surface area contributed by atoms with Gasteiger partial charge in [0.2, 0.25) is 0 Å². The molecule has 0 spiro atoms. The van der Waals surface area contributed by atoms with Gasteiger partial charge in [0, 0.05) is 25.0 Å². The minimum Gasteiger partial charge on any atom is -0.332 e. The highest BCUT2D eigenvalue weighted by Crippen LogP contribution is 2.48. The Balaban J connectivity index is 1.46. The van der Waals surface area contributed by atoms with Crippen molar-refractivity contribution in [2.75, 3.05) is 6.54 Å². The van der Waals surface area contributed by atoms with Crippen molar-refractivity contribution in [3.63, 3.8) is 0 Å². The predicted octanol–water partition coefficient (Wildman–Crippen LogP) is 3.47. The van der Waals surface area contributed by atoms with Crippen molar-refractivity contribution < 1.29 is 4.52 Å². The Morgan fingerprint density at radius 3 is 2.81 bits per heavy atom. The monoisotopic (exact) mass is 349 g/mol. The van der Waals surface area contributed by atoms with Gasteiger partial charge in [-0.15, -0.1) is 0 Å². The lowest BCUT2D eigenvalue weighted by molar-refractivity contribution is 0.243. The molecule has 26 heavy (non-hydrogen) atoms. The zero-order valence-electron chi connectivity index (χ0n) is 15.2. The van der Waals surface area contributed by atoms with Gasteiger partial charge in [-0.3, -0.25) is 9.58 Å². The Bertz CT molecular complexity index is 915. The van der Waals surface area contributed by atoms with E-state index in [2.05, 4.69) is 45.5 Å². The fraction of sp³-hybridized carbons (Fsp3) is 0.450. The van der Waals surface area contributed by atoms with E-state index in [0.29, 0.717) is 23.9 Å². The van der Waals surface area contributed by atoms with Crippen LogP contribution in [0.1, 0.15) is 48.3 Å². The van der Waals surface area contributed by atoms with Crippen LogP contribution in [-0.2, 0) is 7.05 Å². The van der Waals surface area contributed by atoms with Crippen LogP contribution < -0.4 is 0 Å². The second-order valence-electron chi connectivity index (χ2n) is 7.47. The summed E-state index contributed by atoms with van der Waals surface area (Å²) in [5.41, 5.74) is 3.23. The summed E-state index contributed by atoms with van der Waals surface area (Å²) in [6.45, 7) is 3.13. The van der Waals surface area contributed by atoms with Crippen molar-refractivity contribution in [1.29, 1.82) is 0 Å². The molecule has 2 aromatic heterocycles. The van der Waals surface area contributed by atoms with Crippen molar-refractivity contribution in [3.8, 4) is 11.6 Å². The average Bonchev–Trinajstić information content (AvgIpc) is 3.39. The molecule has 0 N–H and O–H groups in total. The zero-order valence-corrected chi connectivity index (χ0v) is 15.2. The maximum Gasteiger partial charge on any atom is 0.276 e. The lowest BCUT2D eigenvalue weighted by atomic mass is 9.94. The molecular formula is C20H23N5O. The van der Waals surface area contributed by atoms with Gasteiger partial charge < -0.3 is 4.52 Å². The van der Waals surface area contributed by atoms with E-state index >= 15 is 0 Å². The van der Waals surface area contributed by atoms with Gasteiger partial charge in [0.15, 0.2) is 5.82 Å². The van der Waals surface area contributed by atoms with Crippen LogP contribution in [0.3, 0.4) is 0 Å². The van der Waals surface area contributed by atoms with Gasteiger partial charge in [0.1, 0.15) is 5.69 Å². The van der Waals surface area contributed by atoms with Crippen LogP contribution in [0, 0.1) is 6.92 Å². The molecule has 0 radical (unpaired) electrons. The third kappa shape index (κ3) is 2.48. The molecule has 0 amide bonds. The molecule has 3 atom stereocenters. The molecule has 0 saturated carbocycles. The average molecular weight is 349 g/mol. The van der Waals surface area contributed by atoms with Crippen molar-refractivity contribution in [2.24, 2.45) is 7.05 Å². The quantitative estimate of drug-likeness (QED) is 0.724. The lowest BCUT2D eigenvalue weighted by Crippen LogP contribution is -2.27.